The van der Waals surface area contributed by atoms with Gasteiger partial charge in [-0.15, -0.1) is 11.3 Å². The molecule has 0 fully saturated rings. The van der Waals surface area contributed by atoms with Crippen LogP contribution in [0, 0.1) is 0 Å². The summed E-state index contributed by atoms with van der Waals surface area (Å²) < 4.78 is 0. The van der Waals surface area contributed by atoms with Crippen LogP contribution >= 0.6 is 23.1 Å². The van der Waals surface area contributed by atoms with E-state index in [9.17, 15) is 9.59 Å². The van der Waals surface area contributed by atoms with Crippen LogP contribution in [0.25, 0.3) is 21.3 Å². The molecule has 5 nitrogen and oxygen atoms in total. The van der Waals surface area contributed by atoms with Gasteiger partial charge in [0.1, 0.15) is 4.83 Å². The number of nitrogens with one attached hydrogen (secondary N) is 1. The molecule has 1 unspecified atom stereocenters. The molecule has 0 aliphatic rings. The largest absolute Gasteiger partial charge is 0.369 e. The van der Waals surface area contributed by atoms with E-state index in [0.29, 0.717) is 21.8 Å². The minimum Gasteiger partial charge on any atom is -0.369 e. The SMILES string of the molecule is CCC(Sc1nc2scc(-c3ccc(C(C)(C)C)cc3)c2c(=O)[nH]1)C(N)=O. The quantitative estimate of drug-likeness (QED) is 0.493. The Hall–Kier alpha value is -2.12. The number of carbonyl (C=O) groups is 1. The predicted octanol–water partition coefficient (Wildman–Crippen LogP) is 4.31. The van der Waals surface area contributed by atoms with E-state index in [0.717, 1.165) is 11.1 Å². The van der Waals surface area contributed by atoms with Crippen LogP contribution < -0.4 is 11.3 Å². The molecule has 1 atom stereocenters. The molecule has 3 N–H and O–H groups in total. The summed E-state index contributed by atoms with van der Waals surface area (Å²) in [5.41, 5.74) is 8.39. The molecule has 7 heteroatoms. The van der Waals surface area contributed by atoms with E-state index in [1.54, 1.807) is 0 Å². The van der Waals surface area contributed by atoms with Gasteiger partial charge in [0.2, 0.25) is 5.91 Å². The summed E-state index contributed by atoms with van der Waals surface area (Å²) in [7, 11) is 0. The molecule has 0 saturated heterocycles. The highest BCUT2D eigenvalue weighted by Crippen LogP contribution is 2.33. The first-order valence-electron chi connectivity index (χ1n) is 8.79. The number of rotatable bonds is 5. The second kappa shape index (κ2) is 7.48. The van der Waals surface area contributed by atoms with Gasteiger partial charge in [-0.2, -0.15) is 0 Å². The summed E-state index contributed by atoms with van der Waals surface area (Å²) in [6, 6.07) is 8.29. The summed E-state index contributed by atoms with van der Waals surface area (Å²) in [6.07, 6.45) is 0.581. The van der Waals surface area contributed by atoms with Gasteiger partial charge in [-0.1, -0.05) is 63.7 Å². The lowest BCUT2D eigenvalue weighted by molar-refractivity contribution is -0.117. The second-order valence-corrected chi connectivity index (χ2v) is 9.49. The lowest BCUT2D eigenvalue weighted by atomic mass is 9.86. The number of benzene rings is 1. The Labute approximate surface area is 166 Å². The molecule has 1 amide bonds. The maximum atomic E-state index is 12.7. The highest BCUT2D eigenvalue weighted by Gasteiger charge is 2.19. The number of nitrogens with two attached hydrogens (primary N) is 1. The van der Waals surface area contributed by atoms with Crippen LogP contribution in [0.4, 0.5) is 0 Å². The number of aromatic amines is 1. The highest BCUT2D eigenvalue weighted by molar-refractivity contribution is 8.00. The molecule has 1 aromatic carbocycles. The number of amides is 1. The maximum absolute atomic E-state index is 12.7. The summed E-state index contributed by atoms with van der Waals surface area (Å²) in [6.45, 7) is 8.39. The Bertz CT molecular complexity index is 1030. The third kappa shape index (κ3) is 4.09. The van der Waals surface area contributed by atoms with Crippen molar-refractivity contribution in [2.45, 2.75) is 49.9 Å². The summed E-state index contributed by atoms with van der Waals surface area (Å²) >= 11 is 2.63. The van der Waals surface area contributed by atoms with Gasteiger partial charge in [-0.25, -0.2) is 4.98 Å². The molecule has 0 aliphatic heterocycles. The molecule has 0 aliphatic carbocycles. The number of thioether (sulfide) groups is 1. The van der Waals surface area contributed by atoms with E-state index in [1.807, 2.05) is 24.4 Å². The molecular weight excluding hydrogens is 378 g/mol. The van der Waals surface area contributed by atoms with E-state index < -0.39 is 11.2 Å². The standard InChI is InChI=1S/C20H23N3O2S2/c1-5-14(16(21)24)27-19-22-17(25)15-13(10-26-18(15)23-19)11-6-8-12(9-7-11)20(2,3)4/h6-10,14H,5H2,1-4H3,(H2,21,24)(H,22,23,25). The average molecular weight is 402 g/mol. The van der Waals surface area contributed by atoms with E-state index in [-0.39, 0.29) is 11.0 Å². The Balaban J connectivity index is 2.00. The topological polar surface area (TPSA) is 88.8 Å². The van der Waals surface area contributed by atoms with Gasteiger partial charge in [0.25, 0.3) is 5.56 Å². The van der Waals surface area contributed by atoms with Crippen molar-refractivity contribution >= 4 is 39.2 Å². The van der Waals surface area contributed by atoms with Crippen LogP contribution in [0.3, 0.4) is 0 Å². The Morgan fingerprint density at radius 1 is 1.30 bits per heavy atom. The van der Waals surface area contributed by atoms with Gasteiger partial charge in [0, 0.05) is 10.9 Å². The van der Waals surface area contributed by atoms with Crippen molar-refractivity contribution in [1.82, 2.24) is 9.97 Å². The Morgan fingerprint density at radius 2 is 1.96 bits per heavy atom. The number of aromatic nitrogens is 2. The van der Waals surface area contributed by atoms with Crippen molar-refractivity contribution in [2.24, 2.45) is 5.73 Å². The molecular formula is C20H23N3O2S2. The number of nitrogens with zero attached hydrogens (tertiary/aromatic N) is 1. The average Bonchev–Trinajstić information content (AvgIpc) is 3.03. The molecule has 0 radical (unpaired) electrons. The van der Waals surface area contributed by atoms with Crippen LogP contribution in [0.1, 0.15) is 39.7 Å². The molecule has 27 heavy (non-hydrogen) atoms. The molecule has 0 spiro atoms. The predicted molar refractivity (Wildman–Crippen MR) is 114 cm³/mol. The fourth-order valence-electron chi connectivity index (χ4n) is 2.82. The number of hydrogen-bond acceptors (Lipinski definition) is 5. The van der Waals surface area contributed by atoms with Crippen LogP contribution in [0.5, 0.6) is 0 Å². The van der Waals surface area contributed by atoms with Crippen LogP contribution in [-0.4, -0.2) is 21.1 Å². The van der Waals surface area contributed by atoms with Crippen molar-refractivity contribution in [3.63, 3.8) is 0 Å². The van der Waals surface area contributed by atoms with Crippen molar-refractivity contribution in [3.8, 4) is 11.1 Å². The summed E-state index contributed by atoms with van der Waals surface area (Å²) in [4.78, 5) is 32.1. The minimum atomic E-state index is -0.407. The summed E-state index contributed by atoms with van der Waals surface area (Å²) in [5, 5.41) is 2.56. The third-order valence-corrected chi connectivity index (χ3v) is 6.57. The minimum absolute atomic E-state index is 0.0800. The molecule has 2 heterocycles. The monoisotopic (exact) mass is 401 g/mol. The fraction of sp³-hybridized carbons (Fsp3) is 0.350. The zero-order valence-corrected chi connectivity index (χ0v) is 17.5. The van der Waals surface area contributed by atoms with Crippen molar-refractivity contribution in [2.75, 3.05) is 0 Å². The molecule has 0 saturated carbocycles. The van der Waals surface area contributed by atoms with Gasteiger partial charge < -0.3 is 10.7 Å². The number of hydrogen-bond donors (Lipinski definition) is 2. The molecule has 142 valence electrons. The highest BCUT2D eigenvalue weighted by atomic mass is 32.2. The van der Waals surface area contributed by atoms with Gasteiger partial charge in [0.05, 0.1) is 10.6 Å². The zero-order valence-electron chi connectivity index (χ0n) is 15.8. The summed E-state index contributed by atoms with van der Waals surface area (Å²) in [5.74, 6) is -0.406. The van der Waals surface area contributed by atoms with Gasteiger partial charge in [-0.3, -0.25) is 9.59 Å². The molecule has 3 rings (SSSR count). The lowest BCUT2D eigenvalue weighted by Gasteiger charge is -2.19. The molecule has 0 bridgehead atoms. The third-order valence-electron chi connectivity index (χ3n) is 4.43. The fourth-order valence-corrected chi connectivity index (χ4v) is 4.68. The normalized spacial score (nSPS) is 13.0. The van der Waals surface area contributed by atoms with Gasteiger partial charge in [-0.05, 0) is 23.0 Å². The van der Waals surface area contributed by atoms with Crippen molar-refractivity contribution in [3.05, 3.63) is 45.6 Å². The van der Waals surface area contributed by atoms with Crippen LogP contribution in [0.15, 0.2) is 39.6 Å². The van der Waals surface area contributed by atoms with Gasteiger partial charge >= 0.3 is 0 Å². The Kier molecular flexibility index (Phi) is 5.44. The maximum Gasteiger partial charge on any atom is 0.260 e. The first kappa shape index (κ1) is 19.6. The van der Waals surface area contributed by atoms with Gasteiger partial charge in [0.15, 0.2) is 5.16 Å². The Morgan fingerprint density at radius 3 is 2.52 bits per heavy atom. The number of fused-ring (bicyclic) bond motifs is 1. The second-order valence-electron chi connectivity index (χ2n) is 7.45. The van der Waals surface area contributed by atoms with Crippen molar-refractivity contribution < 1.29 is 4.79 Å². The van der Waals surface area contributed by atoms with Crippen LogP contribution in [-0.2, 0) is 10.2 Å². The van der Waals surface area contributed by atoms with E-state index >= 15 is 0 Å². The zero-order chi connectivity index (χ0) is 19.8. The number of primary amides is 1. The van der Waals surface area contributed by atoms with E-state index in [2.05, 4.69) is 42.9 Å². The number of carbonyl (C=O) groups excluding carboxylic acids is 1. The van der Waals surface area contributed by atoms with Crippen LogP contribution in [0.2, 0.25) is 0 Å². The number of H-pyrrole nitrogens is 1. The lowest BCUT2D eigenvalue weighted by Crippen LogP contribution is -2.25. The smallest absolute Gasteiger partial charge is 0.260 e. The van der Waals surface area contributed by atoms with Crippen molar-refractivity contribution in [1.29, 1.82) is 0 Å². The first-order chi connectivity index (χ1) is 12.7. The molecule has 3 aromatic rings. The number of thiophene rings is 1. The first-order valence-corrected chi connectivity index (χ1v) is 10.5. The van der Waals surface area contributed by atoms with E-state index in [1.165, 1.54) is 28.7 Å². The molecule has 2 aromatic heterocycles. The van der Waals surface area contributed by atoms with E-state index in [4.69, 9.17) is 5.73 Å².